The van der Waals surface area contributed by atoms with Crippen LogP contribution in [0.5, 0.6) is 0 Å². The Balaban J connectivity index is 4.14. The van der Waals surface area contributed by atoms with Gasteiger partial charge < -0.3 is 14.2 Å². The van der Waals surface area contributed by atoms with Crippen molar-refractivity contribution < 1.29 is 28.6 Å². The third kappa shape index (κ3) is 43.4. The van der Waals surface area contributed by atoms with E-state index >= 15 is 0 Å². The van der Waals surface area contributed by atoms with Gasteiger partial charge in [-0.2, -0.15) is 0 Å². The molecule has 55 heavy (non-hydrogen) atoms. The second kappa shape index (κ2) is 42.0. The Morgan fingerprint density at radius 2 is 0.600 bits per heavy atom. The molecule has 6 heteroatoms. The fourth-order valence-electron chi connectivity index (χ4n) is 7.28. The van der Waals surface area contributed by atoms with Gasteiger partial charge in [-0.05, 0) is 31.1 Å². The number of carbonyl (C=O) groups excluding carboxylic acids is 3. The first-order valence-electron chi connectivity index (χ1n) is 24.2. The standard InChI is InChI=1S/C49H94O6/c1-6-7-8-9-22-31-36-41-49(52)55-46(43-54-48(51)40-35-30-26-21-20-24-28-33-38-45(4)5)42-53-47(50)39-34-29-25-19-17-15-13-11-10-12-14-16-18-23-27-32-37-44(2)3/h44-46H,6-43H2,1-5H3/t46-/m1/s1. The Morgan fingerprint density at radius 1 is 0.345 bits per heavy atom. The number of unbranched alkanes of at least 4 members (excludes halogenated alkanes) is 28. The van der Waals surface area contributed by atoms with Crippen LogP contribution in [0.2, 0.25) is 0 Å². The first-order valence-corrected chi connectivity index (χ1v) is 24.2. The zero-order valence-electron chi connectivity index (χ0n) is 37.6. The molecular formula is C49H94O6. The Bertz CT molecular complexity index is 839. The number of hydrogen-bond donors (Lipinski definition) is 0. The normalized spacial score (nSPS) is 12.1. The van der Waals surface area contributed by atoms with E-state index in [9.17, 15) is 14.4 Å². The molecule has 0 fully saturated rings. The summed E-state index contributed by atoms with van der Waals surface area (Å²) < 4.78 is 16.7. The first kappa shape index (κ1) is 53.4. The van der Waals surface area contributed by atoms with Gasteiger partial charge in [-0.15, -0.1) is 0 Å². The maximum absolute atomic E-state index is 12.6. The molecule has 0 spiro atoms. The average Bonchev–Trinajstić information content (AvgIpc) is 3.15. The van der Waals surface area contributed by atoms with Crippen LogP contribution < -0.4 is 0 Å². The largest absolute Gasteiger partial charge is 0.462 e. The molecule has 0 unspecified atom stereocenters. The Hall–Kier alpha value is -1.59. The average molecular weight is 779 g/mol. The van der Waals surface area contributed by atoms with Crippen molar-refractivity contribution in [3.8, 4) is 0 Å². The predicted molar refractivity (Wildman–Crippen MR) is 233 cm³/mol. The Kier molecular flexibility index (Phi) is 40.8. The molecule has 0 aliphatic heterocycles. The SMILES string of the molecule is CCCCCCCCCC(=O)O[C@H](COC(=O)CCCCCCCCCCCCCCCCCCC(C)C)COC(=O)CCCCCCCCCCC(C)C. The van der Waals surface area contributed by atoms with Crippen LogP contribution in [0.25, 0.3) is 0 Å². The summed E-state index contributed by atoms with van der Waals surface area (Å²) >= 11 is 0. The minimum Gasteiger partial charge on any atom is -0.462 e. The number of hydrogen-bond acceptors (Lipinski definition) is 6. The van der Waals surface area contributed by atoms with Crippen LogP contribution in [0.3, 0.4) is 0 Å². The van der Waals surface area contributed by atoms with E-state index in [0.29, 0.717) is 19.3 Å². The third-order valence-electron chi connectivity index (χ3n) is 11.0. The first-order chi connectivity index (χ1) is 26.7. The second-order valence-electron chi connectivity index (χ2n) is 17.7. The summed E-state index contributed by atoms with van der Waals surface area (Å²) in [5.41, 5.74) is 0. The maximum atomic E-state index is 12.6. The van der Waals surface area contributed by atoms with E-state index in [1.54, 1.807) is 0 Å². The van der Waals surface area contributed by atoms with Gasteiger partial charge in [0.25, 0.3) is 0 Å². The van der Waals surface area contributed by atoms with E-state index in [0.717, 1.165) is 69.6 Å². The van der Waals surface area contributed by atoms with Gasteiger partial charge in [-0.25, -0.2) is 0 Å². The van der Waals surface area contributed by atoms with E-state index in [-0.39, 0.29) is 31.1 Å². The van der Waals surface area contributed by atoms with Crippen LogP contribution in [0.15, 0.2) is 0 Å². The van der Waals surface area contributed by atoms with Crippen molar-refractivity contribution in [2.75, 3.05) is 13.2 Å². The van der Waals surface area contributed by atoms with Crippen LogP contribution in [0, 0.1) is 11.8 Å². The van der Waals surface area contributed by atoms with Crippen LogP contribution >= 0.6 is 0 Å². The lowest BCUT2D eigenvalue weighted by atomic mass is 10.0. The maximum Gasteiger partial charge on any atom is 0.306 e. The van der Waals surface area contributed by atoms with Crippen molar-refractivity contribution in [2.45, 2.75) is 272 Å². The fraction of sp³-hybridized carbons (Fsp3) is 0.939. The van der Waals surface area contributed by atoms with Crippen molar-refractivity contribution in [1.29, 1.82) is 0 Å². The lowest BCUT2D eigenvalue weighted by Crippen LogP contribution is -2.30. The molecular weight excluding hydrogens is 685 g/mol. The molecule has 0 saturated heterocycles. The number of rotatable bonds is 43. The van der Waals surface area contributed by atoms with Crippen LogP contribution in [0.1, 0.15) is 266 Å². The Labute approximate surface area is 342 Å². The third-order valence-corrected chi connectivity index (χ3v) is 11.0. The molecule has 0 aromatic rings. The van der Waals surface area contributed by atoms with Crippen molar-refractivity contribution >= 4 is 17.9 Å². The minimum atomic E-state index is -0.759. The summed E-state index contributed by atoms with van der Waals surface area (Å²) in [5.74, 6) is 0.788. The predicted octanol–water partition coefficient (Wildman–Crippen LogP) is 15.4. The summed E-state index contributed by atoms with van der Waals surface area (Å²) in [6, 6.07) is 0. The van der Waals surface area contributed by atoms with E-state index in [1.807, 2.05) is 0 Å². The van der Waals surface area contributed by atoms with E-state index < -0.39 is 6.10 Å². The molecule has 0 rings (SSSR count). The van der Waals surface area contributed by atoms with Gasteiger partial charge in [0.15, 0.2) is 6.10 Å². The topological polar surface area (TPSA) is 78.9 Å². The molecule has 326 valence electrons. The monoisotopic (exact) mass is 779 g/mol. The van der Waals surface area contributed by atoms with Gasteiger partial charge in [0.05, 0.1) is 0 Å². The van der Waals surface area contributed by atoms with E-state index in [2.05, 4.69) is 34.6 Å². The molecule has 6 nitrogen and oxygen atoms in total. The second-order valence-corrected chi connectivity index (χ2v) is 17.7. The van der Waals surface area contributed by atoms with Gasteiger partial charge in [0, 0.05) is 19.3 Å². The quantitative estimate of drug-likeness (QED) is 0.0348. The summed E-state index contributed by atoms with van der Waals surface area (Å²) in [5, 5.41) is 0. The van der Waals surface area contributed by atoms with Gasteiger partial charge in [0.1, 0.15) is 13.2 Å². The van der Waals surface area contributed by atoms with Gasteiger partial charge in [-0.3, -0.25) is 14.4 Å². The highest BCUT2D eigenvalue weighted by Gasteiger charge is 2.19. The van der Waals surface area contributed by atoms with Crippen molar-refractivity contribution in [3.05, 3.63) is 0 Å². The number of ether oxygens (including phenoxy) is 3. The molecule has 0 radical (unpaired) electrons. The molecule has 1 atom stereocenters. The van der Waals surface area contributed by atoms with E-state index in [1.165, 1.54) is 154 Å². The minimum absolute atomic E-state index is 0.0650. The highest BCUT2D eigenvalue weighted by atomic mass is 16.6. The van der Waals surface area contributed by atoms with Crippen molar-refractivity contribution in [1.82, 2.24) is 0 Å². The zero-order valence-corrected chi connectivity index (χ0v) is 37.6. The summed E-state index contributed by atoms with van der Waals surface area (Å²) in [6.07, 6.45) is 41.1. The van der Waals surface area contributed by atoms with Crippen LogP contribution in [-0.2, 0) is 28.6 Å². The Morgan fingerprint density at radius 3 is 0.891 bits per heavy atom. The molecule has 0 heterocycles. The molecule has 0 amide bonds. The molecule has 0 aromatic heterocycles. The van der Waals surface area contributed by atoms with Crippen molar-refractivity contribution in [2.24, 2.45) is 11.8 Å². The lowest BCUT2D eigenvalue weighted by molar-refractivity contribution is -0.167. The fourth-order valence-corrected chi connectivity index (χ4v) is 7.28. The molecule has 0 aromatic carbocycles. The number of carbonyl (C=O) groups is 3. The molecule has 0 saturated carbocycles. The zero-order chi connectivity index (χ0) is 40.5. The van der Waals surface area contributed by atoms with Gasteiger partial charge in [-0.1, -0.05) is 227 Å². The number of esters is 3. The molecule has 0 aliphatic rings. The summed E-state index contributed by atoms with van der Waals surface area (Å²) in [6.45, 7) is 11.3. The molecule has 0 bridgehead atoms. The van der Waals surface area contributed by atoms with Gasteiger partial charge in [0.2, 0.25) is 0 Å². The van der Waals surface area contributed by atoms with E-state index in [4.69, 9.17) is 14.2 Å². The summed E-state index contributed by atoms with van der Waals surface area (Å²) in [4.78, 5) is 37.6. The molecule has 0 aliphatic carbocycles. The van der Waals surface area contributed by atoms with Crippen LogP contribution in [0.4, 0.5) is 0 Å². The smallest absolute Gasteiger partial charge is 0.306 e. The molecule has 0 N–H and O–H groups in total. The van der Waals surface area contributed by atoms with Crippen molar-refractivity contribution in [3.63, 3.8) is 0 Å². The highest BCUT2D eigenvalue weighted by molar-refractivity contribution is 5.71. The lowest BCUT2D eigenvalue weighted by Gasteiger charge is -2.18. The summed E-state index contributed by atoms with van der Waals surface area (Å²) in [7, 11) is 0. The van der Waals surface area contributed by atoms with Gasteiger partial charge >= 0.3 is 17.9 Å². The van der Waals surface area contributed by atoms with Crippen LogP contribution in [-0.4, -0.2) is 37.2 Å². The highest BCUT2D eigenvalue weighted by Crippen LogP contribution is 2.17.